The minimum atomic E-state index is -4.34. The standard InChI is InChI=1S/C14H18F3NO2/c1-18-7-6-10(8-18)13(19)9-20-12-4-2-11(3-5-12)14(15,16)17/h2-5,10,13,19H,6-9H2,1H3. The molecule has 1 fully saturated rings. The summed E-state index contributed by atoms with van der Waals surface area (Å²) in [5, 5.41) is 9.98. The second-order valence-corrected chi connectivity index (χ2v) is 5.21. The Bertz CT molecular complexity index is 433. The van der Waals surface area contributed by atoms with Crippen LogP contribution in [0.4, 0.5) is 13.2 Å². The Labute approximate surface area is 116 Å². The van der Waals surface area contributed by atoms with Gasteiger partial charge in [0.05, 0.1) is 11.7 Å². The average molecular weight is 289 g/mol. The van der Waals surface area contributed by atoms with Crippen molar-refractivity contribution in [2.24, 2.45) is 5.92 Å². The van der Waals surface area contributed by atoms with Gasteiger partial charge in [-0.2, -0.15) is 13.2 Å². The highest BCUT2D eigenvalue weighted by molar-refractivity contribution is 5.28. The first-order valence-electron chi connectivity index (χ1n) is 6.53. The van der Waals surface area contributed by atoms with Crippen LogP contribution < -0.4 is 4.74 Å². The molecule has 112 valence electrons. The summed E-state index contributed by atoms with van der Waals surface area (Å²) in [5.74, 6) is 0.498. The molecule has 0 radical (unpaired) electrons. The van der Waals surface area contributed by atoms with Crippen LogP contribution in [0.3, 0.4) is 0 Å². The van der Waals surface area contributed by atoms with Gasteiger partial charge in [0, 0.05) is 12.5 Å². The molecule has 1 heterocycles. The fourth-order valence-corrected chi connectivity index (χ4v) is 2.34. The zero-order chi connectivity index (χ0) is 14.8. The van der Waals surface area contributed by atoms with E-state index in [0.29, 0.717) is 5.75 Å². The molecule has 2 rings (SSSR count). The monoisotopic (exact) mass is 289 g/mol. The molecule has 1 aromatic carbocycles. The van der Waals surface area contributed by atoms with Gasteiger partial charge in [0.15, 0.2) is 0 Å². The molecule has 6 heteroatoms. The summed E-state index contributed by atoms with van der Waals surface area (Å²) >= 11 is 0. The van der Waals surface area contributed by atoms with Gasteiger partial charge in [-0.15, -0.1) is 0 Å². The highest BCUT2D eigenvalue weighted by Gasteiger charge is 2.30. The highest BCUT2D eigenvalue weighted by atomic mass is 19.4. The Kier molecular flexibility index (Phi) is 4.55. The Morgan fingerprint density at radius 1 is 1.35 bits per heavy atom. The molecule has 20 heavy (non-hydrogen) atoms. The summed E-state index contributed by atoms with van der Waals surface area (Å²) in [5.41, 5.74) is -0.706. The molecule has 0 amide bonds. The molecule has 1 aromatic rings. The van der Waals surface area contributed by atoms with E-state index in [-0.39, 0.29) is 12.5 Å². The molecule has 1 N–H and O–H groups in total. The molecular formula is C14H18F3NO2. The van der Waals surface area contributed by atoms with Crippen LogP contribution in [-0.4, -0.2) is 42.9 Å². The number of benzene rings is 1. The molecule has 0 aliphatic carbocycles. The Balaban J connectivity index is 1.85. The van der Waals surface area contributed by atoms with Gasteiger partial charge >= 0.3 is 6.18 Å². The SMILES string of the molecule is CN1CCC(C(O)COc2ccc(C(F)(F)F)cc2)C1. The van der Waals surface area contributed by atoms with E-state index in [1.807, 2.05) is 7.05 Å². The number of hydrogen-bond donors (Lipinski definition) is 1. The van der Waals surface area contributed by atoms with E-state index in [2.05, 4.69) is 4.90 Å². The third-order valence-corrected chi connectivity index (χ3v) is 3.57. The van der Waals surface area contributed by atoms with E-state index in [4.69, 9.17) is 4.74 Å². The number of aliphatic hydroxyl groups is 1. The summed E-state index contributed by atoms with van der Waals surface area (Å²) in [6.45, 7) is 1.86. The van der Waals surface area contributed by atoms with Crippen LogP contribution in [0.15, 0.2) is 24.3 Å². The van der Waals surface area contributed by atoms with E-state index in [9.17, 15) is 18.3 Å². The van der Waals surface area contributed by atoms with Crippen molar-refractivity contribution >= 4 is 0 Å². The smallest absolute Gasteiger partial charge is 0.416 e. The minimum absolute atomic E-state index is 0.101. The molecule has 0 bridgehead atoms. The number of aliphatic hydroxyl groups excluding tert-OH is 1. The lowest BCUT2D eigenvalue weighted by molar-refractivity contribution is -0.137. The van der Waals surface area contributed by atoms with Crippen molar-refractivity contribution in [2.75, 3.05) is 26.7 Å². The van der Waals surface area contributed by atoms with Crippen molar-refractivity contribution in [1.29, 1.82) is 0 Å². The van der Waals surface area contributed by atoms with Crippen molar-refractivity contribution in [3.63, 3.8) is 0 Å². The van der Waals surface area contributed by atoms with Crippen molar-refractivity contribution in [1.82, 2.24) is 4.90 Å². The molecule has 0 saturated carbocycles. The van der Waals surface area contributed by atoms with Gasteiger partial charge in [-0.05, 0) is 44.3 Å². The fourth-order valence-electron chi connectivity index (χ4n) is 2.34. The summed E-state index contributed by atoms with van der Waals surface area (Å²) < 4.78 is 42.5. The molecule has 2 unspecified atom stereocenters. The van der Waals surface area contributed by atoms with Crippen molar-refractivity contribution in [3.05, 3.63) is 29.8 Å². The van der Waals surface area contributed by atoms with Crippen LogP contribution in [0.2, 0.25) is 0 Å². The van der Waals surface area contributed by atoms with Gasteiger partial charge in [-0.3, -0.25) is 0 Å². The van der Waals surface area contributed by atoms with Crippen LogP contribution in [-0.2, 0) is 6.18 Å². The number of rotatable bonds is 4. The largest absolute Gasteiger partial charge is 0.491 e. The zero-order valence-corrected chi connectivity index (χ0v) is 11.2. The predicted octanol–water partition coefficient (Wildman–Crippen LogP) is 2.40. The van der Waals surface area contributed by atoms with Crippen LogP contribution in [0.1, 0.15) is 12.0 Å². The maximum absolute atomic E-state index is 12.4. The number of hydrogen-bond acceptors (Lipinski definition) is 3. The van der Waals surface area contributed by atoms with Gasteiger partial charge in [0.1, 0.15) is 12.4 Å². The maximum Gasteiger partial charge on any atom is 0.416 e. The first-order chi connectivity index (χ1) is 9.36. The lowest BCUT2D eigenvalue weighted by atomic mass is 10.0. The molecule has 3 nitrogen and oxygen atoms in total. The summed E-state index contributed by atoms with van der Waals surface area (Å²) in [4.78, 5) is 2.13. The second kappa shape index (κ2) is 6.01. The maximum atomic E-state index is 12.4. The summed E-state index contributed by atoms with van der Waals surface area (Å²) in [6.07, 6.45) is -4.03. The second-order valence-electron chi connectivity index (χ2n) is 5.21. The highest BCUT2D eigenvalue weighted by Crippen LogP contribution is 2.30. The normalized spacial score (nSPS) is 21.9. The van der Waals surface area contributed by atoms with E-state index in [1.165, 1.54) is 12.1 Å². The van der Waals surface area contributed by atoms with Gasteiger partial charge in [-0.1, -0.05) is 0 Å². The third kappa shape index (κ3) is 3.86. The molecule has 0 aromatic heterocycles. The first kappa shape index (κ1) is 15.1. The zero-order valence-electron chi connectivity index (χ0n) is 11.2. The van der Waals surface area contributed by atoms with E-state index in [0.717, 1.165) is 31.6 Å². The number of nitrogens with zero attached hydrogens (tertiary/aromatic N) is 1. The van der Waals surface area contributed by atoms with Crippen LogP contribution in [0.25, 0.3) is 0 Å². The fraction of sp³-hybridized carbons (Fsp3) is 0.571. The van der Waals surface area contributed by atoms with Crippen LogP contribution in [0.5, 0.6) is 5.75 Å². The molecule has 0 spiro atoms. The minimum Gasteiger partial charge on any atom is -0.491 e. The van der Waals surface area contributed by atoms with E-state index in [1.54, 1.807) is 0 Å². The van der Waals surface area contributed by atoms with Gasteiger partial charge < -0.3 is 14.7 Å². The number of ether oxygens (including phenoxy) is 1. The summed E-state index contributed by atoms with van der Waals surface area (Å²) in [6, 6.07) is 4.50. The van der Waals surface area contributed by atoms with Crippen molar-refractivity contribution < 1.29 is 23.0 Å². The third-order valence-electron chi connectivity index (χ3n) is 3.57. The van der Waals surface area contributed by atoms with Crippen molar-refractivity contribution in [3.8, 4) is 5.75 Å². The number of likely N-dealkylation sites (tertiary alicyclic amines) is 1. The Morgan fingerprint density at radius 3 is 2.50 bits per heavy atom. The molecule has 1 aliphatic heterocycles. The molecule has 1 aliphatic rings. The van der Waals surface area contributed by atoms with E-state index < -0.39 is 17.8 Å². The predicted molar refractivity (Wildman–Crippen MR) is 68.5 cm³/mol. The lowest BCUT2D eigenvalue weighted by Crippen LogP contribution is -2.29. The average Bonchev–Trinajstić information content (AvgIpc) is 2.82. The topological polar surface area (TPSA) is 32.7 Å². The van der Waals surface area contributed by atoms with Crippen LogP contribution >= 0.6 is 0 Å². The Morgan fingerprint density at radius 2 is 2.00 bits per heavy atom. The number of alkyl halides is 3. The molecular weight excluding hydrogens is 271 g/mol. The molecule has 1 saturated heterocycles. The molecule has 2 atom stereocenters. The number of halogens is 3. The van der Waals surface area contributed by atoms with Crippen LogP contribution in [0, 0.1) is 5.92 Å². The van der Waals surface area contributed by atoms with Gasteiger partial charge in [-0.25, -0.2) is 0 Å². The Hall–Kier alpha value is -1.27. The first-order valence-corrected chi connectivity index (χ1v) is 6.53. The van der Waals surface area contributed by atoms with Crippen molar-refractivity contribution in [2.45, 2.75) is 18.7 Å². The van der Waals surface area contributed by atoms with Gasteiger partial charge in [0.2, 0.25) is 0 Å². The quantitative estimate of drug-likeness (QED) is 0.924. The van der Waals surface area contributed by atoms with E-state index >= 15 is 0 Å². The summed E-state index contributed by atoms with van der Waals surface area (Å²) in [7, 11) is 1.99. The van der Waals surface area contributed by atoms with Gasteiger partial charge in [0.25, 0.3) is 0 Å². The lowest BCUT2D eigenvalue weighted by Gasteiger charge is -2.18.